The standard InChI is InChI=1S/C26H27ClN6OS.C25H27ClN6O2S2.C24H25ClN6O2S2.C24H27ClN6OS2/c1-5-10-31-11-13-32(14-12-31)22(34)15-21-25-30-29-18(4)33(25)26-23(16(2)17(3)35-26)24(28-21)19-6-8-20(27)9-7-19;1-14-15(2)36-25-22(14)23(17-4-6-18(26)7-5-17)27-19(24-29-28-16(3)32(24)25)12-20(33)30-8-10-31(11-9-30)21(34)13-35;1-13-14(2)35-23-20(13)21(16-4-6-17(25)7-5-16)26-18(22-28-27-15(3)31(22)23)12-19(32)29-8-10-30(11-9-29)24(33)34;1-14-15(2)34-24-21(14)22(17-4-6-18(25)7-5-17)26-19(23-28-27-16(3)31(23)24)12-20(32)30-10-8-29(13-33)9-11-30/h1,6-9,21H,10-15H2,2-4H3;4-7,19,35H,8-13H2,1-3H3;4-7,18H,8-12H2,1-3H3,(H,33,34);4-7,19,33H,8-13H2,1-3H3/t21-;19-;18-;19-/m0000/s1. The third-order valence-corrected chi connectivity index (χ3v) is 33.6. The summed E-state index contributed by atoms with van der Waals surface area (Å²) in [6.45, 7) is 35.2. The number of carbonyl (C=O) groups is 6. The molecule has 8 aromatic heterocycles. The average Bonchev–Trinajstić information content (AvgIpc) is 1.60. The van der Waals surface area contributed by atoms with Gasteiger partial charge in [-0.2, -0.15) is 25.3 Å². The van der Waals surface area contributed by atoms with Crippen molar-refractivity contribution in [2.75, 3.05) is 123 Å². The highest BCUT2D eigenvalue weighted by Crippen LogP contribution is 2.46. The Balaban J connectivity index is 0.000000129. The molecule has 0 aliphatic carbocycles. The lowest BCUT2D eigenvalue weighted by atomic mass is 9.99. The smallest absolute Gasteiger partial charge is 0.278 e. The maximum atomic E-state index is 13.4. The van der Waals surface area contributed by atoms with Crippen molar-refractivity contribution in [2.24, 2.45) is 20.0 Å². The van der Waals surface area contributed by atoms with E-state index in [1.807, 2.05) is 149 Å². The summed E-state index contributed by atoms with van der Waals surface area (Å²) in [6, 6.07) is 28.9. The molecule has 8 aliphatic rings. The van der Waals surface area contributed by atoms with E-state index in [0.29, 0.717) is 134 Å². The van der Waals surface area contributed by atoms with Gasteiger partial charge >= 0.3 is 0 Å². The number of thiophene rings is 4. The second-order valence-electron chi connectivity index (χ2n) is 35.5. The Bertz CT molecular complexity index is 6930. The van der Waals surface area contributed by atoms with Gasteiger partial charge in [0, 0.05) is 195 Å². The molecular weight excluding hydrogens is 1990 g/mol. The van der Waals surface area contributed by atoms with E-state index in [0.717, 1.165) is 148 Å². The van der Waals surface area contributed by atoms with Crippen molar-refractivity contribution in [3.8, 4) is 32.3 Å². The van der Waals surface area contributed by atoms with Crippen LogP contribution in [0.2, 0.25) is 20.1 Å². The van der Waals surface area contributed by atoms with Gasteiger partial charge < -0.3 is 29.4 Å². The number of aromatic nitrogens is 12. The number of terminal acetylenes is 1. The van der Waals surface area contributed by atoms with E-state index >= 15 is 0 Å². The number of amides is 6. The summed E-state index contributed by atoms with van der Waals surface area (Å²) in [7, 11) is 0. The van der Waals surface area contributed by atoms with Crippen molar-refractivity contribution in [2.45, 2.75) is 133 Å². The van der Waals surface area contributed by atoms with Crippen LogP contribution in [0.25, 0.3) is 20.0 Å². The maximum Gasteiger partial charge on any atom is 0.278 e. The first-order chi connectivity index (χ1) is 67.3. The summed E-state index contributed by atoms with van der Waals surface area (Å²) in [5.74, 6) is 9.53. The van der Waals surface area contributed by atoms with Gasteiger partial charge in [0.05, 0.1) is 60.8 Å². The van der Waals surface area contributed by atoms with E-state index < -0.39 is 24.2 Å². The molecule has 0 spiro atoms. The number of rotatable bonds is 15. The molecule has 30 nitrogen and oxygen atoms in total. The molecule has 140 heavy (non-hydrogen) atoms. The molecule has 0 bridgehead atoms. The first-order valence-corrected chi connectivity index (χ1v) is 52.7. The van der Waals surface area contributed by atoms with E-state index in [-0.39, 0.29) is 66.2 Å². The lowest BCUT2D eigenvalue weighted by molar-refractivity contribution is -0.138. The van der Waals surface area contributed by atoms with Gasteiger partial charge in [0.2, 0.25) is 29.5 Å². The normalized spacial score (nSPS) is 17.8. The third-order valence-electron chi connectivity index (χ3n) is 26.9. The zero-order valence-electron chi connectivity index (χ0n) is 79.6. The molecule has 0 radical (unpaired) electrons. The molecule has 0 unspecified atom stereocenters. The minimum Gasteiger partial charge on any atom is -0.340 e. The first kappa shape index (κ1) is 101. The first-order valence-electron chi connectivity index (χ1n) is 46.2. The number of hydrogen-bond acceptors (Lipinski definition) is 26. The Kier molecular flexibility index (Phi) is 31.2. The van der Waals surface area contributed by atoms with Gasteiger partial charge in [-0.25, -0.2) is 0 Å². The number of halogens is 4. The van der Waals surface area contributed by atoms with Gasteiger partial charge in [0.15, 0.2) is 23.3 Å². The Morgan fingerprint density at radius 2 is 0.550 bits per heavy atom. The fraction of sp³-hybridized carbons (Fsp3) is 0.394. The fourth-order valence-corrected chi connectivity index (χ4v) is 24.6. The van der Waals surface area contributed by atoms with Crippen molar-refractivity contribution in [1.29, 1.82) is 0 Å². The van der Waals surface area contributed by atoms with Gasteiger partial charge in [-0.3, -0.25) is 76.8 Å². The van der Waals surface area contributed by atoms with Crippen LogP contribution in [0.3, 0.4) is 0 Å². The number of carbonyl (C=O) groups excluding carboxylic acids is 6. The summed E-state index contributed by atoms with van der Waals surface area (Å²) in [5.41, 5.74) is 16.1. The minimum atomic E-state index is -0.502. The molecule has 8 aliphatic heterocycles. The van der Waals surface area contributed by atoms with Crippen molar-refractivity contribution < 1.29 is 28.8 Å². The Morgan fingerprint density at radius 1 is 0.329 bits per heavy atom. The fourth-order valence-electron chi connectivity index (χ4n) is 18.6. The van der Waals surface area contributed by atoms with E-state index in [1.54, 1.807) is 60.0 Å². The van der Waals surface area contributed by atoms with Crippen LogP contribution in [0.15, 0.2) is 117 Å². The van der Waals surface area contributed by atoms with Crippen LogP contribution >= 0.6 is 130 Å². The van der Waals surface area contributed by atoms with Gasteiger partial charge in [0.25, 0.3) is 5.24 Å². The molecule has 4 atom stereocenters. The number of aliphatic imine (C=N–C) groups is 4. The zero-order chi connectivity index (χ0) is 99.1. The molecule has 16 heterocycles. The van der Waals surface area contributed by atoms with Crippen molar-refractivity contribution in [1.82, 2.24) is 98.3 Å². The molecule has 20 rings (SSSR count). The summed E-state index contributed by atoms with van der Waals surface area (Å²) < 4.78 is 8.26. The topological polar surface area (TPSA) is 301 Å². The monoisotopic (exact) mass is 2090 g/mol. The van der Waals surface area contributed by atoms with Crippen LogP contribution in [-0.4, -0.2) is 279 Å². The summed E-state index contributed by atoms with van der Waals surface area (Å²) in [4.78, 5) is 118. The molecule has 0 N–H and O–H groups in total. The van der Waals surface area contributed by atoms with Crippen LogP contribution in [0, 0.1) is 95.4 Å². The molecular formula is C99H106Cl4N24O6S7. The average molecular weight is 2090 g/mol. The quantitative estimate of drug-likeness (QED) is 0.0634. The van der Waals surface area contributed by atoms with Crippen molar-refractivity contribution >= 4 is 187 Å². The Hall–Kier alpha value is -10.6. The largest absolute Gasteiger partial charge is 0.340 e. The van der Waals surface area contributed by atoms with Gasteiger partial charge in [-0.1, -0.05) is 113 Å². The second-order valence-corrected chi connectivity index (χ2v) is 43.0. The van der Waals surface area contributed by atoms with Gasteiger partial charge in [-0.15, -0.1) is 92.6 Å². The predicted molar refractivity (Wildman–Crippen MR) is 565 cm³/mol. The van der Waals surface area contributed by atoms with Crippen LogP contribution in [0.5, 0.6) is 0 Å². The Morgan fingerprint density at radius 3 is 0.771 bits per heavy atom. The van der Waals surface area contributed by atoms with E-state index in [4.69, 9.17) is 72.8 Å². The predicted octanol–water partition coefficient (Wildman–Crippen LogP) is 16.4. The molecule has 12 aromatic rings. The number of nitrogens with zero attached hydrogens (tertiary/aromatic N) is 24. The van der Waals surface area contributed by atoms with Gasteiger partial charge in [-0.05, 0) is 154 Å². The van der Waals surface area contributed by atoms with Crippen molar-refractivity contribution in [3.63, 3.8) is 0 Å². The molecule has 6 amide bonds. The number of piperazine rings is 4. The lowest BCUT2D eigenvalue weighted by Crippen LogP contribution is -2.51. The molecule has 0 saturated carbocycles. The highest BCUT2D eigenvalue weighted by atomic mass is 35.5. The molecule has 4 fully saturated rings. The number of fused-ring (bicyclic) bond motifs is 12. The van der Waals surface area contributed by atoms with Crippen LogP contribution in [0.1, 0.15) is 183 Å². The number of aryl methyl sites for hydroxylation is 8. The Labute approximate surface area is 865 Å². The number of benzene rings is 4. The molecule has 4 aromatic carbocycles. The zero-order valence-corrected chi connectivity index (χ0v) is 88.5. The second kappa shape index (κ2) is 43.3. The van der Waals surface area contributed by atoms with Crippen LogP contribution in [0.4, 0.5) is 4.79 Å². The summed E-state index contributed by atoms with van der Waals surface area (Å²) in [6.07, 6.45) is 6.27. The molecule has 728 valence electrons. The molecule has 4 saturated heterocycles. The summed E-state index contributed by atoms with van der Waals surface area (Å²) in [5, 5.41) is 41.9. The SMILES string of the molecule is C#CCN1CCN(C(=O)C[C@@H]2N=C(c3ccc(Cl)cc3)c3c(sc(C)c3C)-n3c(C)nnc32)CC1.Cc1sc2c(c1C)C(c1ccc(Cl)cc1)=N[C@@H](CC(=O)N1CCN(C(=O)CS)CC1)c1nnc(C)n1-2.Cc1sc2c(c1C)C(c1ccc(Cl)cc1)=N[C@@H](CC(=O)N1CCN(C(=O)S)CC1)c1nnc(C)n1-2.Cc1sc2c(c1C)C(c1ccc(Cl)cc1)=N[C@@H](CC(=O)N1CCN(CS)CC1)c1nnc(C)n1-2. The van der Waals surface area contributed by atoms with E-state index in [9.17, 15) is 28.8 Å². The highest BCUT2D eigenvalue weighted by Gasteiger charge is 2.41. The van der Waals surface area contributed by atoms with E-state index in [1.165, 1.54) is 30.6 Å². The maximum absolute atomic E-state index is 13.4. The van der Waals surface area contributed by atoms with Gasteiger partial charge in [0.1, 0.15) is 67.5 Å². The van der Waals surface area contributed by atoms with Crippen molar-refractivity contribution in [3.05, 3.63) is 250 Å². The van der Waals surface area contributed by atoms with Crippen LogP contribution < -0.4 is 0 Å². The van der Waals surface area contributed by atoms with E-state index in [2.05, 4.69) is 159 Å². The number of thiol groups is 3. The van der Waals surface area contributed by atoms with Crippen LogP contribution in [-0.2, 0) is 24.0 Å². The molecule has 41 heteroatoms. The lowest BCUT2D eigenvalue weighted by Gasteiger charge is -2.35. The summed E-state index contributed by atoms with van der Waals surface area (Å²) >= 11 is 43.8. The number of hydrogen-bond donors (Lipinski definition) is 3. The highest BCUT2D eigenvalue weighted by molar-refractivity contribution is 7.96. The third kappa shape index (κ3) is 20.9. The minimum absolute atomic E-state index is 0.00760.